The van der Waals surface area contributed by atoms with Crippen LogP contribution in [-0.4, -0.2) is 33.6 Å². The number of nitrogens with one attached hydrogen (secondary N) is 1. The Balaban J connectivity index is 3.72. The van der Waals surface area contributed by atoms with Crippen LogP contribution < -0.4 is 5.32 Å². The molecule has 0 spiro atoms. The van der Waals surface area contributed by atoms with Crippen LogP contribution in [0.15, 0.2) is 12.2 Å². The Hall–Kier alpha value is -1.28. The summed E-state index contributed by atoms with van der Waals surface area (Å²) in [6, 6.07) is 0. The van der Waals surface area contributed by atoms with E-state index in [1.54, 1.807) is 0 Å². The zero-order chi connectivity index (χ0) is 12.8. The molecule has 0 saturated heterocycles. The number of rotatable bonds is 5. The monoisotopic (exact) mass is 271 g/mol. The fourth-order valence-corrected chi connectivity index (χ4v) is 0.951. The Morgan fingerprint density at radius 3 is 2.44 bits per heavy atom. The third-order valence-corrected chi connectivity index (χ3v) is 1.67. The maximum atomic E-state index is 10.8. The first-order chi connectivity index (χ1) is 7.22. The van der Waals surface area contributed by atoms with Crippen molar-refractivity contribution in [2.24, 2.45) is 0 Å². The molecule has 92 valence electrons. The van der Waals surface area contributed by atoms with Gasteiger partial charge in [-0.25, -0.2) is 9.59 Å². The van der Waals surface area contributed by atoms with Gasteiger partial charge in [-0.3, -0.25) is 0 Å². The van der Waals surface area contributed by atoms with Gasteiger partial charge in [0.25, 0.3) is 0 Å². The molecule has 9 heteroatoms. The molecule has 0 aromatic carbocycles. The lowest BCUT2D eigenvalue weighted by molar-refractivity contribution is -0.138. The van der Waals surface area contributed by atoms with E-state index in [1.165, 1.54) is 6.92 Å². The van der Waals surface area contributed by atoms with Crippen LogP contribution in [0.2, 0.25) is 0 Å². The molecule has 0 aliphatic rings. The number of hydrogen-bond acceptors (Lipinski definition) is 6. The number of amides is 1. The number of hydrogen-bond donors (Lipinski definition) is 1. The first-order valence-corrected chi connectivity index (χ1v) is 6.20. The Morgan fingerprint density at radius 2 is 2.00 bits per heavy atom. The minimum atomic E-state index is -4.35. The van der Waals surface area contributed by atoms with Crippen LogP contribution in [0.4, 0.5) is 4.79 Å². The third-order valence-electron chi connectivity index (χ3n) is 1.13. The minimum absolute atomic E-state index is 0.107. The van der Waals surface area contributed by atoms with Crippen molar-refractivity contribution < 1.29 is 26.9 Å². The molecule has 0 fully saturated rings. The smallest absolute Gasteiger partial charge is 0.423 e. The van der Waals surface area contributed by atoms with Gasteiger partial charge in [0, 0.05) is 5.57 Å². The van der Waals surface area contributed by atoms with Crippen LogP contribution >= 0.6 is 10.7 Å². The molecule has 0 radical (unpaired) electrons. The second-order valence-corrected chi connectivity index (χ2v) is 4.69. The Morgan fingerprint density at radius 1 is 1.44 bits per heavy atom. The summed E-state index contributed by atoms with van der Waals surface area (Å²) < 4.78 is 28.8. The standard InChI is InChI=1S/C7H10ClNO6S/c1-5(2)6(10)14-4-3-9-7(11)15-16(8,12)13/h1,3-4H2,2H3,(H,9,11). The largest absolute Gasteiger partial charge is 0.460 e. The number of ether oxygens (including phenoxy) is 1. The Labute approximate surface area is 97.0 Å². The summed E-state index contributed by atoms with van der Waals surface area (Å²) >= 11 is 0. The highest BCUT2D eigenvalue weighted by Crippen LogP contribution is 1.98. The van der Waals surface area contributed by atoms with Gasteiger partial charge >= 0.3 is 21.4 Å². The molecule has 0 bridgehead atoms. The zero-order valence-electron chi connectivity index (χ0n) is 8.36. The van der Waals surface area contributed by atoms with Crippen LogP contribution in [0.3, 0.4) is 0 Å². The molecule has 1 amide bonds. The molecule has 16 heavy (non-hydrogen) atoms. The van der Waals surface area contributed by atoms with E-state index in [9.17, 15) is 18.0 Å². The summed E-state index contributed by atoms with van der Waals surface area (Å²) in [6.07, 6.45) is -1.25. The average Bonchev–Trinajstić information content (AvgIpc) is 2.08. The highest BCUT2D eigenvalue weighted by Gasteiger charge is 2.12. The summed E-state index contributed by atoms with van der Waals surface area (Å²) in [7, 11) is 0.273. The Bertz CT molecular complexity index is 390. The summed E-state index contributed by atoms with van der Waals surface area (Å²) in [6.45, 7) is 4.55. The second-order valence-electron chi connectivity index (χ2n) is 2.61. The van der Waals surface area contributed by atoms with E-state index in [-0.39, 0.29) is 18.7 Å². The summed E-state index contributed by atoms with van der Waals surface area (Å²) in [4.78, 5) is 21.5. The zero-order valence-corrected chi connectivity index (χ0v) is 9.93. The van der Waals surface area contributed by atoms with E-state index in [0.29, 0.717) is 0 Å². The summed E-state index contributed by atoms with van der Waals surface area (Å²) in [5.41, 5.74) is 0.214. The first kappa shape index (κ1) is 14.7. The molecule has 0 atom stereocenters. The van der Waals surface area contributed by atoms with Crippen LogP contribution in [-0.2, 0) is 23.0 Å². The van der Waals surface area contributed by atoms with Crippen LogP contribution in [0.1, 0.15) is 6.92 Å². The van der Waals surface area contributed by atoms with Crippen molar-refractivity contribution in [2.45, 2.75) is 6.92 Å². The van der Waals surface area contributed by atoms with Gasteiger partial charge in [0.2, 0.25) is 0 Å². The molecule has 0 unspecified atom stereocenters. The molecule has 0 aromatic rings. The van der Waals surface area contributed by atoms with E-state index in [0.717, 1.165) is 0 Å². The highest BCUT2D eigenvalue weighted by atomic mass is 35.7. The van der Waals surface area contributed by atoms with E-state index < -0.39 is 21.4 Å². The number of esters is 1. The van der Waals surface area contributed by atoms with Crippen molar-refractivity contribution in [1.29, 1.82) is 0 Å². The topological polar surface area (TPSA) is 98.8 Å². The van der Waals surface area contributed by atoms with Gasteiger partial charge < -0.3 is 14.2 Å². The molecule has 0 rings (SSSR count). The molecular formula is C7H10ClNO6S. The van der Waals surface area contributed by atoms with E-state index >= 15 is 0 Å². The molecule has 0 aromatic heterocycles. The molecule has 0 aliphatic heterocycles. The van der Waals surface area contributed by atoms with Crippen molar-refractivity contribution >= 4 is 32.1 Å². The van der Waals surface area contributed by atoms with Crippen LogP contribution in [0.25, 0.3) is 0 Å². The quantitative estimate of drug-likeness (QED) is 0.334. The van der Waals surface area contributed by atoms with E-state index in [1.807, 2.05) is 5.32 Å². The lowest BCUT2D eigenvalue weighted by Crippen LogP contribution is -2.29. The van der Waals surface area contributed by atoms with Crippen molar-refractivity contribution in [3.63, 3.8) is 0 Å². The predicted octanol–water partition coefficient (Wildman–Crippen LogP) is 0.316. The van der Waals surface area contributed by atoms with Crippen molar-refractivity contribution in [3.05, 3.63) is 12.2 Å². The second kappa shape index (κ2) is 6.33. The fraction of sp³-hybridized carbons (Fsp3) is 0.429. The average molecular weight is 272 g/mol. The van der Waals surface area contributed by atoms with Crippen molar-refractivity contribution in [2.75, 3.05) is 13.2 Å². The van der Waals surface area contributed by atoms with Gasteiger partial charge in [-0.05, 0) is 6.92 Å². The maximum absolute atomic E-state index is 10.8. The van der Waals surface area contributed by atoms with Gasteiger partial charge in [0.1, 0.15) is 6.61 Å². The summed E-state index contributed by atoms with van der Waals surface area (Å²) in [5, 5.41) is 2.00. The van der Waals surface area contributed by atoms with Gasteiger partial charge in [-0.2, -0.15) is 8.42 Å². The molecule has 0 saturated carbocycles. The van der Waals surface area contributed by atoms with Gasteiger partial charge in [0.05, 0.1) is 17.2 Å². The molecule has 1 N–H and O–H groups in total. The van der Waals surface area contributed by atoms with Gasteiger partial charge in [0.15, 0.2) is 0 Å². The highest BCUT2D eigenvalue weighted by molar-refractivity contribution is 8.10. The molecular weight excluding hydrogens is 262 g/mol. The van der Waals surface area contributed by atoms with Crippen LogP contribution in [0, 0.1) is 0 Å². The number of carbonyl (C=O) groups is 2. The molecule has 7 nitrogen and oxygen atoms in total. The first-order valence-electron chi connectivity index (χ1n) is 3.97. The fourth-order valence-electron chi connectivity index (χ4n) is 0.540. The summed E-state index contributed by atoms with van der Waals surface area (Å²) in [5.74, 6) is -0.611. The van der Waals surface area contributed by atoms with Gasteiger partial charge in [-0.15, -0.1) is 0 Å². The Kier molecular flexibility index (Phi) is 5.83. The van der Waals surface area contributed by atoms with E-state index in [4.69, 9.17) is 0 Å². The number of halogens is 1. The molecule has 0 aliphatic carbocycles. The normalized spacial score (nSPS) is 10.4. The van der Waals surface area contributed by atoms with Crippen molar-refractivity contribution in [1.82, 2.24) is 5.32 Å². The third kappa shape index (κ3) is 8.06. The van der Waals surface area contributed by atoms with Gasteiger partial charge in [-0.1, -0.05) is 6.58 Å². The lowest BCUT2D eigenvalue weighted by atomic mass is 10.4. The van der Waals surface area contributed by atoms with Crippen LogP contribution in [0.5, 0.6) is 0 Å². The predicted molar refractivity (Wildman–Crippen MR) is 55.0 cm³/mol. The number of carbonyl (C=O) groups excluding carboxylic acids is 2. The SMILES string of the molecule is C=C(C)C(=O)OCCNC(=O)OS(=O)(=O)Cl. The van der Waals surface area contributed by atoms with Crippen molar-refractivity contribution in [3.8, 4) is 0 Å². The molecule has 0 heterocycles. The maximum Gasteiger partial charge on any atom is 0.423 e. The lowest BCUT2D eigenvalue weighted by Gasteiger charge is -2.05. The van der Waals surface area contributed by atoms with E-state index in [2.05, 4.69) is 26.2 Å². The minimum Gasteiger partial charge on any atom is -0.460 e.